The molecule has 0 amide bonds. The molecule has 1 aliphatic heterocycles. The van der Waals surface area contributed by atoms with Crippen molar-refractivity contribution in [3.63, 3.8) is 0 Å². The standard InChI is InChI=1S/C11H10ClF3N4/c1-10(11(13,14)15)5-18(2)6-4-16-8-3-7(12)17-19(8)9(6)10/h3-4H,5H2,1-2H3/t10-/m1/s1. The molecule has 0 saturated heterocycles. The summed E-state index contributed by atoms with van der Waals surface area (Å²) in [7, 11) is 1.61. The van der Waals surface area contributed by atoms with Crippen LogP contribution in [0.2, 0.25) is 5.15 Å². The fraction of sp³-hybridized carbons (Fsp3) is 0.455. The highest BCUT2D eigenvalue weighted by molar-refractivity contribution is 6.29. The number of aromatic nitrogens is 3. The molecule has 0 aromatic carbocycles. The smallest absolute Gasteiger partial charge is 0.371 e. The summed E-state index contributed by atoms with van der Waals surface area (Å²) in [6.07, 6.45) is -2.95. The maximum absolute atomic E-state index is 13.4. The molecule has 0 saturated carbocycles. The van der Waals surface area contributed by atoms with E-state index < -0.39 is 11.6 Å². The van der Waals surface area contributed by atoms with Crippen LogP contribution in [0.15, 0.2) is 12.3 Å². The van der Waals surface area contributed by atoms with Crippen molar-refractivity contribution in [1.29, 1.82) is 0 Å². The van der Waals surface area contributed by atoms with Crippen LogP contribution in [0.1, 0.15) is 12.6 Å². The summed E-state index contributed by atoms with van der Waals surface area (Å²) in [4.78, 5) is 5.61. The Morgan fingerprint density at radius 1 is 1.42 bits per heavy atom. The molecule has 0 fully saturated rings. The Hall–Kier alpha value is -1.50. The largest absolute Gasteiger partial charge is 0.401 e. The third-order valence-corrected chi connectivity index (χ3v) is 3.73. The van der Waals surface area contributed by atoms with Crippen LogP contribution in [0.5, 0.6) is 0 Å². The number of fused-ring (bicyclic) bond motifs is 3. The Morgan fingerprint density at radius 2 is 2.11 bits per heavy atom. The van der Waals surface area contributed by atoms with Crippen LogP contribution in [0.4, 0.5) is 18.9 Å². The number of anilines is 1. The van der Waals surface area contributed by atoms with Crippen LogP contribution < -0.4 is 4.90 Å². The zero-order valence-electron chi connectivity index (χ0n) is 10.2. The average Bonchev–Trinajstić information content (AvgIpc) is 2.76. The minimum atomic E-state index is -4.38. The van der Waals surface area contributed by atoms with Gasteiger partial charge in [-0.1, -0.05) is 11.6 Å². The van der Waals surface area contributed by atoms with Gasteiger partial charge in [0, 0.05) is 19.7 Å². The average molecular weight is 291 g/mol. The highest BCUT2D eigenvalue weighted by atomic mass is 35.5. The Kier molecular flexibility index (Phi) is 2.33. The van der Waals surface area contributed by atoms with E-state index in [0.29, 0.717) is 11.3 Å². The lowest BCUT2D eigenvalue weighted by Gasteiger charge is -2.27. The predicted octanol–water partition coefficient (Wildman–Crippen LogP) is 2.65. The second-order valence-corrected chi connectivity index (χ2v) is 5.30. The lowest BCUT2D eigenvalue weighted by atomic mass is 9.88. The van der Waals surface area contributed by atoms with Crippen molar-refractivity contribution in [1.82, 2.24) is 14.6 Å². The van der Waals surface area contributed by atoms with Gasteiger partial charge in [0.25, 0.3) is 0 Å². The van der Waals surface area contributed by atoms with Gasteiger partial charge < -0.3 is 4.90 Å². The molecule has 4 nitrogen and oxygen atoms in total. The Balaban J connectivity index is 2.38. The maximum atomic E-state index is 13.4. The molecule has 102 valence electrons. The highest BCUT2D eigenvalue weighted by Crippen LogP contribution is 2.49. The van der Waals surface area contributed by atoms with E-state index in [1.54, 1.807) is 7.05 Å². The zero-order chi connectivity index (χ0) is 14.0. The van der Waals surface area contributed by atoms with Gasteiger partial charge in [-0.25, -0.2) is 9.50 Å². The molecule has 0 unspecified atom stereocenters. The molecule has 2 aromatic rings. The maximum Gasteiger partial charge on any atom is 0.401 e. The first kappa shape index (κ1) is 12.5. The second-order valence-electron chi connectivity index (χ2n) is 4.92. The first-order valence-electron chi connectivity index (χ1n) is 5.57. The van der Waals surface area contributed by atoms with E-state index in [9.17, 15) is 13.2 Å². The normalized spacial score (nSPS) is 23.2. The molecule has 1 atom stereocenters. The summed E-state index contributed by atoms with van der Waals surface area (Å²) in [6.45, 7) is 1.01. The molecule has 0 bridgehead atoms. The minimum absolute atomic E-state index is 0.0828. The molecule has 2 aromatic heterocycles. The van der Waals surface area contributed by atoms with E-state index in [1.165, 1.54) is 28.6 Å². The SMILES string of the molecule is CN1C[C@@](C)(C(F)(F)F)c2c1cnc1cc(Cl)nn21. The predicted molar refractivity (Wildman–Crippen MR) is 64.7 cm³/mol. The van der Waals surface area contributed by atoms with E-state index in [0.717, 1.165) is 0 Å². The Labute approximate surface area is 111 Å². The van der Waals surface area contributed by atoms with Gasteiger partial charge in [0.05, 0.1) is 17.6 Å². The van der Waals surface area contributed by atoms with Gasteiger partial charge in [0.1, 0.15) is 5.41 Å². The summed E-state index contributed by atoms with van der Waals surface area (Å²) < 4.78 is 41.4. The molecular weight excluding hydrogens is 281 g/mol. The monoisotopic (exact) mass is 290 g/mol. The molecule has 0 aliphatic carbocycles. The number of alkyl halides is 3. The molecule has 3 rings (SSSR count). The van der Waals surface area contributed by atoms with Crippen LogP contribution in [0.3, 0.4) is 0 Å². The summed E-state index contributed by atoms with van der Waals surface area (Å²) in [5.41, 5.74) is -1.17. The van der Waals surface area contributed by atoms with Gasteiger partial charge in [-0.15, -0.1) is 0 Å². The number of likely N-dealkylation sites (N-methyl/N-ethyl adjacent to an activating group) is 1. The highest BCUT2D eigenvalue weighted by Gasteiger charge is 2.59. The number of rotatable bonds is 0. The third-order valence-electron chi connectivity index (χ3n) is 3.55. The zero-order valence-corrected chi connectivity index (χ0v) is 10.9. The van der Waals surface area contributed by atoms with Crippen LogP contribution in [-0.4, -0.2) is 34.4 Å². The van der Waals surface area contributed by atoms with Crippen LogP contribution >= 0.6 is 11.6 Å². The second kappa shape index (κ2) is 3.53. The number of hydrogen-bond donors (Lipinski definition) is 0. The molecule has 8 heteroatoms. The fourth-order valence-electron chi connectivity index (χ4n) is 2.55. The van der Waals surface area contributed by atoms with Gasteiger partial charge in [-0.05, 0) is 6.92 Å². The van der Waals surface area contributed by atoms with E-state index in [2.05, 4.69) is 10.1 Å². The van der Waals surface area contributed by atoms with Crippen LogP contribution in [-0.2, 0) is 5.41 Å². The van der Waals surface area contributed by atoms with E-state index in [-0.39, 0.29) is 17.4 Å². The van der Waals surface area contributed by atoms with Gasteiger partial charge in [0.15, 0.2) is 10.8 Å². The lowest BCUT2D eigenvalue weighted by molar-refractivity contribution is -0.181. The Bertz CT molecular complexity index is 666. The molecule has 1 aliphatic rings. The van der Waals surface area contributed by atoms with Crippen molar-refractivity contribution in [2.24, 2.45) is 0 Å². The van der Waals surface area contributed by atoms with Gasteiger partial charge in [-0.2, -0.15) is 18.3 Å². The molecule has 3 heterocycles. The quantitative estimate of drug-likeness (QED) is 0.748. The molecule has 19 heavy (non-hydrogen) atoms. The van der Waals surface area contributed by atoms with E-state index in [4.69, 9.17) is 11.6 Å². The van der Waals surface area contributed by atoms with Crippen molar-refractivity contribution >= 4 is 22.9 Å². The molecule has 0 radical (unpaired) electrons. The van der Waals surface area contributed by atoms with Gasteiger partial charge >= 0.3 is 6.18 Å². The lowest BCUT2D eigenvalue weighted by Crippen LogP contribution is -2.43. The topological polar surface area (TPSA) is 33.4 Å². The van der Waals surface area contributed by atoms with Crippen molar-refractivity contribution in [3.05, 3.63) is 23.1 Å². The number of nitrogens with zero attached hydrogens (tertiary/aromatic N) is 4. The first-order chi connectivity index (χ1) is 8.74. The summed E-state index contributed by atoms with van der Waals surface area (Å²) in [5, 5.41) is 4.05. The molecular formula is C11H10ClF3N4. The van der Waals surface area contributed by atoms with Crippen molar-refractivity contribution in [3.8, 4) is 0 Å². The number of hydrogen-bond acceptors (Lipinski definition) is 3. The van der Waals surface area contributed by atoms with Crippen molar-refractivity contribution in [2.75, 3.05) is 18.5 Å². The van der Waals surface area contributed by atoms with Crippen LogP contribution in [0.25, 0.3) is 5.65 Å². The Morgan fingerprint density at radius 3 is 2.74 bits per heavy atom. The summed E-state index contributed by atoms with van der Waals surface area (Å²) >= 11 is 5.76. The van der Waals surface area contributed by atoms with Gasteiger partial charge in [0.2, 0.25) is 0 Å². The van der Waals surface area contributed by atoms with Crippen molar-refractivity contribution in [2.45, 2.75) is 18.5 Å². The van der Waals surface area contributed by atoms with Crippen LogP contribution in [0, 0.1) is 0 Å². The van der Waals surface area contributed by atoms with E-state index in [1.807, 2.05) is 0 Å². The molecule has 0 N–H and O–H groups in total. The molecule has 0 spiro atoms. The summed E-state index contributed by atoms with van der Waals surface area (Å²) in [5.74, 6) is 0. The number of halogens is 4. The summed E-state index contributed by atoms with van der Waals surface area (Å²) in [6, 6.07) is 1.44. The van der Waals surface area contributed by atoms with Gasteiger partial charge in [-0.3, -0.25) is 0 Å². The minimum Gasteiger partial charge on any atom is -0.371 e. The van der Waals surface area contributed by atoms with E-state index >= 15 is 0 Å². The third kappa shape index (κ3) is 1.54. The first-order valence-corrected chi connectivity index (χ1v) is 5.94. The fourth-order valence-corrected chi connectivity index (χ4v) is 2.72. The van der Waals surface area contributed by atoms with Crippen molar-refractivity contribution < 1.29 is 13.2 Å².